The van der Waals surface area contributed by atoms with Gasteiger partial charge in [-0.15, -0.1) is 0 Å². The van der Waals surface area contributed by atoms with Crippen LogP contribution in [0, 0.1) is 0 Å². The van der Waals surface area contributed by atoms with E-state index in [-0.39, 0.29) is 0 Å². The van der Waals surface area contributed by atoms with Gasteiger partial charge in [-0.25, -0.2) is 0 Å². The number of benzene rings is 12. The monoisotopic (exact) mass is 849 g/mol. The summed E-state index contributed by atoms with van der Waals surface area (Å²) in [5.41, 5.74) is 19.5. The van der Waals surface area contributed by atoms with Crippen LogP contribution in [0.2, 0.25) is 0 Å². The first-order valence-electron chi connectivity index (χ1n) is 23.2. The van der Waals surface area contributed by atoms with Crippen LogP contribution in [0.15, 0.2) is 241 Å². The van der Waals surface area contributed by atoms with E-state index in [1.807, 2.05) is 6.07 Å². The lowest BCUT2D eigenvalue weighted by atomic mass is 9.65. The number of nitrogens with zero attached hydrogens (tertiary/aromatic N) is 1. The molecule has 2 heteroatoms. The molecule has 0 aliphatic heterocycles. The number of para-hydroxylation sites is 1. The topological polar surface area (TPSA) is 16.4 Å². The second-order valence-electron chi connectivity index (χ2n) is 18.3. The number of hydrogen-bond acceptors (Lipinski definition) is 2. The van der Waals surface area contributed by atoms with Gasteiger partial charge >= 0.3 is 0 Å². The Labute approximate surface area is 387 Å². The first-order valence-corrected chi connectivity index (χ1v) is 23.2. The van der Waals surface area contributed by atoms with Crippen LogP contribution in [0.25, 0.3) is 98.8 Å². The second kappa shape index (κ2) is 13.7. The van der Waals surface area contributed by atoms with Crippen molar-refractivity contribution in [3.63, 3.8) is 0 Å². The summed E-state index contributed by atoms with van der Waals surface area (Å²) in [6, 6.07) is 88.1. The van der Waals surface area contributed by atoms with Crippen molar-refractivity contribution < 1.29 is 4.42 Å². The van der Waals surface area contributed by atoms with Crippen molar-refractivity contribution in [2.24, 2.45) is 0 Å². The molecular formula is C65H39NO. The van der Waals surface area contributed by atoms with Gasteiger partial charge in [0.15, 0.2) is 0 Å². The summed E-state index contributed by atoms with van der Waals surface area (Å²) in [6.07, 6.45) is 0. The zero-order valence-corrected chi connectivity index (χ0v) is 36.4. The Balaban J connectivity index is 1.06. The largest absolute Gasteiger partial charge is 0.456 e. The minimum Gasteiger partial charge on any atom is -0.456 e. The lowest BCUT2D eigenvalue weighted by Crippen LogP contribution is -2.29. The van der Waals surface area contributed by atoms with E-state index in [1.54, 1.807) is 0 Å². The number of fused-ring (bicyclic) bond motifs is 16. The first kappa shape index (κ1) is 36.6. The van der Waals surface area contributed by atoms with Crippen molar-refractivity contribution in [1.82, 2.24) is 0 Å². The molecule has 2 aliphatic carbocycles. The standard InChI is InChI=1S/C65H39NO/c1-2-13-40(14-3-1)41-27-30-45(31-28-41)66(46-33-36-61-55(38-46)52-20-8-11-24-60(52)67-61)47-32-35-51-49-18-5-4-17-48(49)50-19-6-9-22-56(50)65(58(51)39-47)57-23-10-7-21-53(57)64-54-34-29-43-16-12-15-42-25-26-44(37-59(64)65)63(54)62(42)43/h1-39H. The Morgan fingerprint density at radius 3 is 1.69 bits per heavy atom. The number of rotatable bonds is 4. The zero-order valence-electron chi connectivity index (χ0n) is 36.4. The molecule has 1 aromatic heterocycles. The third-order valence-electron chi connectivity index (χ3n) is 15.0. The van der Waals surface area contributed by atoms with Gasteiger partial charge < -0.3 is 9.32 Å². The van der Waals surface area contributed by atoms with E-state index in [0.29, 0.717) is 0 Å². The van der Waals surface area contributed by atoms with E-state index < -0.39 is 5.41 Å². The van der Waals surface area contributed by atoms with E-state index in [0.717, 1.165) is 39.0 Å². The van der Waals surface area contributed by atoms with Crippen molar-refractivity contribution in [2.75, 3.05) is 4.90 Å². The summed E-state index contributed by atoms with van der Waals surface area (Å²) in [4.78, 5) is 2.44. The Hall–Kier alpha value is -8.72. The van der Waals surface area contributed by atoms with E-state index in [1.165, 1.54) is 99.1 Å². The quantitative estimate of drug-likeness (QED) is 0.164. The number of hydrogen-bond donors (Lipinski definition) is 0. The fourth-order valence-electron chi connectivity index (χ4n) is 12.2. The highest BCUT2D eigenvalue weighted by Gasteiger charge is 2.50. The Morgan fingerprint density at radius 1 is 0.299 bits per heavy atom. The van der Waals surface area contributed by atoms with Gasteiger partial charge in [0.05, 0.1) is 5.41 Å². The predicted molar refractivity (Wildman–Crippen MR) is 279 cm³/mol. The summed E-state index contributed by atoms with van der Waals surface area (Å²) in [5.74, 6) is 0. The van der Waals surface area contributed by atoms with Crippen LogP contribution in [-0.4, -0.2) is 0 Å². The number of furan rings is 1. The average molecular weight is 850 g/mol. The maximum absolute atomic E-state index is 6.40. The van der Waals surface area contributed by atoms with Crippen LogP contribution in [0.4, 0.5) is 17.1 Å². The molecule has 12 aromatic carbocycles. The number of anilines is 3. The second-order valence-corrected chi connectivity index (χ2v) is 18.3. The molecule has 67 heavy (non-hydrogen) atoms. The minimum absolute atomic E-state index is 0.676. The molecule has 0 amide bonds. The predicted octanol–water partition coefficient (Wildman–Crippen LogP) is 17.6. The lowest BCUT2D eigenvalue weighted by molar-refractivity contribution is 0.669. The van der Waals surface area contributed by atoms with Crippen LogP contribution in [0.1, 0.15) is 22.3 Å². The summed E-state index contributed by atoms with van der Waals surface area (Å²) in [7, 11) is 0. The third-order valence-corrected chi connectivity index (χ3v) is 15.0. The summed E-state index contributed by atoms with van der Waals surface area (Å²) in [6.45, 7) is 0. The minimum atomic E-state index is -0.676. The Kier molecular flexibility index (Phi) is 7.46. The average Bonchev–Trinajstić information content (AvgIpc) is 3.88. The lowest BCUT2D eigenvalue weighted by Gasteiger charge is -2.37. The molecule has 2 nitrogen and oxygen atoms in total. The molecule has 2 aliphatic rings. The van der Waals surface area contributed by atoms with Crippen LogP contribution in [-0.2, 0) is 5.41 Å². The van der Waals surface area contributed by atoms with Crippen molar-refractivity contribution in [2.45, 2.75) is 5.41 Å². The van der Waals surface area contributed by atoms with Gasteiger partial charge in [0, 0.05) is 27.8 Å². The Morgan fingerprint density at radius 2 is 0.881 bits per heavy atom. The van der Waals surface area contributed by atoms with E-state index in [4.69, 9.17) is 4.42 Å². The highest BCUT2D eigenvalue weighted by atomic mass is 16.3. The van der Waals surface area contributed by atoms with Crippen LogP contribution < -0.4 is 4.90 Å². The van der Waals surface area contributed by atoms with Crippen LogP contribution >= 0.6 is 0 Å². The molecule has 0 fully saturated rings. The third kappa shape index (κ3) is 4.99. The zero-order chi connectivity index (χ0) is 43.8. The smallest absolute Gasteiger partial charge is 0.135 e. The maximum Gasteiger partial charge on any atom is 0.135 e. The molecule has 0 radical (unpaired) electrons. The van der Waals surface area contributed by atoms with Crippen molar-refractivity contribution in [3.05, 3.63) is 259 Å². The summed E-state index contributed by atoms with van der Waals surface area (Å²) < 4.78 is 6.40. The van der Waals surface area contributed by atoms with Gasteiger partial charge in [0.25, 0.3) is 0 Å². The molecule has 1 heterocycles. The van der Waals surface area contributed by atoms with Gasteiger partial charge in [-0.2, -0.15) is 0 Å². The highest BCUT2D eigenvalue weighted by molar-refractivity contribution is 6.27. The molecule has 0 saturated carbocycles. The van der Waals surface area contributed by atoms with Gasteiger partial charge in [-0.05, 0) is 154 Å². The molecule has 310 valence electrons. The van der Waals surface area contributed by atoms with Gasteiger partial charge in [-0.1, -0.05) is 182 Å². The Bertz CT molecular complexity index is 4140. The molecule has 0 bridgehead atoms. The molecule has 15 rings (SSSR count). The summed E-state index contributed by atoms with van der Waals surface area (Å²) in [5, 5.41) is 10.0. The van der Waals surface area contributed by atoms with Gasteiger partial charge in [-0.3, -0.25) is 0 Å². The van der Waals surface area contributed by atoms with Gasteiger partial charge in [0.1, 0.15) is 11.2 Å². The molecular weight excluding hydrogens is 811 g/mol. The maximum atomic E-state index is 6.40. The molecule has 0 N–H and O–H groups in total. The van der Waals surface area contributed by atoms with Crippen LogP contribution in [0.3, 0.4) is 0 Å². The van der Waals surface area contributed by atoms with Crippen molar-refractivity contribution >= 4 is 71.3 Å². The van der Waals surface area contributed by atoms with Crippen molar-refractivity contribution in [1.29, 1.82) is 0 Å². The molecule has 1 spiro atoms. The van der Waals surface area contributed by atoms with Crippen molar-refractivity contribution in [3.8, 4) is 44.5 Å². The fraction of sp³-hybridized carbons (Fsp3) is 0.0154. The van der Waals surface area contributed by atoms with Crippen LogP contribution in [0.5, 0.6) is 0 Å². The molecule has 13 aromatic rings. The highest BCUT2D eigenvalue weighted by Crippen LogP contribution is 2.64. The molecule has 0 saturated heterocycles. The summed E-state index contributed by atoms with van der Waals surface area (Å²) >= 11 is 0. The normalized spacial score (nSPS) is 14.6. The molecule has 1 unspecified atom stereocenters. The SMILES string of the molecule is c1ccc(-c2ccc(N(c3ccc4c(c3)C3(c5ccccc5-c5ccccc5-4)c4ccccc4-c4c3cc3ccc5cccc6ccc4c3c56)c3ccc4oc5ccccc5c4c3)cc2)cc1. The van der Waals surface area contributed by atoms with E-state index in [2.05, 4.69) is 235 Å². The van der Waals surface area contributed by atoms with Gasteiger partial charge in [0.2, 0.25) is 0 Å². The molecule has 1 atom stereocenters. The fourth-order valence-corrected chi connectivity index (χ4v) is 12.2. The van der Waals surface area contributed by atoms with E-state index >= 15 is 0 Å². The van der Waals surface area contributed by atoms with E-state index in [9.17, 15) is 0 Å². The first-order chi connectivity index (χ1) is 33.2.